The summed E-state index contributed by atoms with van der Waals surface area (Å²) in [6.07, 6.45) is 1.10. The van der Waals surface area contributed by atoms with Gasteiger partial charge in [0.2, 0.25) is 0 Å². The first kappa shape index (κ1) is 22.3. The Labute approximate surface area is 184 Å². The number of nitriles is 1. The van der Waals surface area contributed by atoms with Gasteiger partial charge in [0, 0.05) is 28.6 Å². The van der Waals surface area contributed by atoms with E-state index in [0.717, 1.165) is 6.08 Å². The summed E-state index contributed by atoms with van der Waals surface area (Å²) in [5.74, 6) is -1.09. The number of ether oxygens (including phenoxy) is 1. The van der Waals surface area contributed by atoms with Crippen molar-refractivity contribution in [2.24, 2.45) is 5.92 Å². The van der Waals surface area contributed by atoms with Crippen LogP contribution in [0.1, 0.15) is 24.2 Å². The van der Waals surface area contributed by atoms with E-state index in [4.69, 9.17) is 15.2 Å². The second kappa shape index (κ2) is 10.1. The summed E-state index contributed by atoms with van der Waals surface area (Å²) in [6.45, 7) is 1.75. The smallest absolute Gasteiger partial charge is 0.412 e. The lowest BCUT2D eigenvalue weighted by Gasteiger charge is -2.24. The van der Waals surface area contributed by atoms with Gasteiger partial charge in [0.25, 0.3) is 5.91 Å². The van der Waals surface area contributed by atoms with E-state index in [1.54, 1.807) is 61.5 Å². The molecule has 0 aliphatic rings. The van der Waals surface area contributed by atoms with Crippen molar-refractivity contribution in [3.63, 3.8) is 0 Å². The van der Waals surface area contributed by atoms with Crippen LogP contribution in [-0.2, 0) is 9.53 Å². The van der Waals surface area contributed by atoms with Gasteiger partial charge in [0.15, 0.2) is 0 Å². The van der Waals surface area contributed by atoms with Gasteiger partial charge in [-0.1, -0.05) is 43.3 Å². The van der Waals surface area contributed by atoms with Crippen molar-refractivity contribution in [2.45, 2.75) is 13.0 Å². The molecule has 8 heteroatoms. The number of phenols is 1. The largest absolute Gasteiger partial charge is 0.507 e. The maximum atomic E-state index is 12.7. The number of nitrogens with zero attached hydrogens (tertiary/aromatic N) is 1. The minimum atomic E-state index is -0.818. The molecular weight excluding hydrogens is 410 g/mol. The molecule has 3 rings (SSSR count). The molecule has 0 saturated heterocycles. The van der Waals surface area contributed by atoms with Crippen molar-refractivity contribution in [3.05, 3.63) is 83.9 Å². The van der Waals surface area contributed by atoms with Crippen molar-refractivity contribution in [2.75, 3.05) is 5.32 Å². The average molecular weight is 431 g/mol. The molecule has 0 aliphatic carbocycles. The van der Waals surface area contributed by atoms with Gasteiger partial charge in [-0.15, -0.1) is 0 Å². The van der Waals surface area contributed by atoms with Crippen molar-refractivity contribution < 1.29 is 24.6 Å². The van der Waals surface area contributed by atoms with E-state index in [0.29, 0.717) is 27.6 Å². The number of carbonyl (C=O) groups is 2. The van der Waals surface area contributed by atoms with Gasteiger partial charge < -0.3 is 9.84 Å². The zero-order chi connectivity index (χ0) is 23.1. The van der Waals surface area contributed by atoms with E-state index in [1.165, 1.54) is 17.6 Å². The van der Waals surface area contributed by atoms with Crippen molar-refractivity contribution in [3.8, 4) is 11.8 Å². The molecule has 0 unspecified atom stereocenters. The number of benzene rings is 3. The third kappa shape index (κ3) is 5.22. The summed E-state index contributed by atoms with van der Waals surface area (Å²) < 4.78 is 5.73. The third-order valence-electron chi connectivity index (χ3n) is 4.87. The number of hydrogen-bond donors (Lipinski definition) is 4. The highest BCUT2D eigenvalue weighted by molar-refractivity contribution is 5.92. The Morgan fingerprint density at radius 2 is 1.75 bits per heavy atom. The summed E-state index contributed by atoms with van der Waals surface area (Å²) in [5.41, 5.74) is 3.06. The van der Waals surface area contributed by atoms with E-state index in [1.807, 2.05) is 6.07 Å². The molecule has 0 radical (unpaired) electrons. The zero-order valence-electron chi connectivity index (χ0n) is 17.1. The Hall–Kier alpha value is -4.35. The van der Waals surface area contributed by atoms with E-state index < -0.39 is 24.0 Å². The minimum Gasteiger partial charge on any atom is -0.507 e. The molecule has 0 aromatic heterocycles. The van der Waals surface area contributed by atoms with Crippen molar-refractivity contribution >= 4 is 28.5 Å². The van der Waals surface area contributed by atoms with Gasteiger partial charge in [-0.2, -0.15) is 5.26 Å². The van der Waals surface area contributed by atoms with Crippen LogP contribution in [0.4, 0.5) is 10.5 Å². The topological polar surface area (TPSA) is 132 Å². The molecule has 4 N–H and O–H groups in total. The number of amides is 2. The molecule has 0 bridgehead atoms. The maximum Gasteiger partial charge on any atom is 0.412 e. The average Bonchev–Trinajstić information content (AvgIpc) is 2.82. The molecule has 8 nitrogen and oxygen atoms in total. The lowest BCUT2D eigenvalue weighted by molar-refractivity contribution is -0.124. The first-order valence-corrected chi connectivity index (χ1v) is 9.73. The van der Waals surface area contributed by atoms with Crippen LogP contribution in [0.25, 0.3) is 10.8 Å². The Morgan fingerprint density at radius 3 is 2.41 bits per heavy atom. The number of rotatable bonds is 6. The number of hydroxylamine groups is 1. The third-order valence-corrected chi connectivity index (χ3v) is 4.87. The normalized spacial score (nSPS) is 12.7. The number of anilines is 1. The van der Waals surface area contributed by atoms with Crippen LogP contribution >= 0.6 is 0 Å². The number of aromatic hydroxyl groups is 1. The molecule has 3 aromatic carbocycles. The molecule has 162 valence electrons. The maximum absolute atomic E-state index is 12.7. The highest BCUT2D eigenvalue weighted by Crippen LogP contribution is 2.36. The van der Waals surface area contributed by atoms with E-state index in [9.17, 15) is 14.7 Å². The second-order valence-electron chi connectivity index (χ2n) is 7.05. The fourth-order valence-electron chi connectivity index (χ4n) is 3.28. The summed E-state index contributed by atoms with van der Waals surface area (Å²) >= 11 is 0. The second-order valence-corrected chi connectivity index (χ2v) is 7.05. The van der Waals surface area contributed by atoms with Crippen LogP contribution in [0.2, 0.25) is 0 Å². The summed E-state index contributed by atoms with van der Waals surface area (Å²) in [6, 6.07) is 18.6. The van der Waals surface area contributed by atoms with E-state index >= 15 is 0 Å². The van der Waals surface area contributed by atoms with Crippen LogP contribution in [0.15, 0.2) is 72.8 Å². The molecular formula is C24H21N3O5. The monoisotopic (exact) mass is 431 g/mol. The number of fused-ring (bicyclic) bond motifs is 1. The van der Waals surface area contributed by atoms with Crippen LogP contribution in [0, 0.1) is 17.2 Å². The molecule has 2 atom stereocenters. The van der Waals surface area contributed by atoms with Gasteiger partial charge in [0.05, 0.1) is 11.6 Å². The van der Waals surface area contributed by atoms with Gasteiger partial charge in [-0.05, 0) is 35.7 Å². The molecule has 2 amide bonds. The predicted molar refractivity (Wildman–Crippen MR) is 118 cm³/mol. The molecule has 32 heavy (non-hydrogen) atoms. The lowest BCUT2D eigenvalue weighted by atomic mass is 9.92. The number of hydrogen-bond acceptors (Lipinski definition) is 6. The summed E-state index contributed by atoms with van der Waals surface area (Å²) in [5, 5.41) is 31.7. The number of phenolic OH excluding ortho intramolecular Hbond substituents is 1. The van der Waals surface area contributed by atoms with Crippen LogP contribution in [-0.4, -0.2) is 22.3 Å². The molecule has 0 fully saturated rings. The number of nitrogens with one attached hydrogen (secondary N) is 2. The quantitative estimate of drug-likeness (QED) is 0.260. The first-order chi connectivity index (χ1) is 15.4. The van der Waals surface area contributed by atoms with Crippen LogP contribution < -0.4 is 10.8 Å². The SMILES string of the molecule is C[C@@H](/C=C/C(=O)NO)[C@H](OC(=O)Nc1ccc(C#N)cc1)c1ccc(O)c2ccccc12. The lowest BCUT2D eigenvalue weighted by Crippen LogP contribution is -2.22. The standard InChI is InChI=1S/C24H21N3O5/c1-15(6-13-22(29)27-31)23(20-11-12-21(28)19-5-3-2-4-18(19)20)32-24(30)26-17-9-7-16(14-25)8-10-17/h2-13,15,23,28,31H,1H3,(H,26,30)(H,27,29)/b13-6+/t15-,23-/m0/s1. The Kier molecular flexibility index (Phi) is 7.06. The summed E-state index contributed by atoms with van der Waals surface area (Å²) in [4.78, 5) is 24.1. The van der Waals surface area contributed by atoms with Crippen LogP contribution in [0.3, 0.4) is 0 Å². The van der Waals surface area contributed by atoms with E-state index in [-0.39, 0.29) is 5.75 Å². The highest BCUT2D eigenvalue weighted by atomic mass is 16.6. The van der Waals surface area contributed by atoms with Gasteiger partial charge in [-0.3, -0.25) is 15.3 Å². The zero-order valence-corrected chi connectivity index (χ0v) is 17.1. The molecule has 0 spiro atoms. The predicted octanol–water partition coefficient (Wildman–Crippen LogP) is 4.40. The molecule has 0 heterocycles. The fourth-order valence-corrected chi connectivity index (χ4v) is 3.28. The Bertz CT molecular complexity index is 1200. The fraction of sp³-hybridized carbons (Fsp3) is 0.125. The highest BCUT2D eigenvalue weighted by Gasteiger charge is 2.25. The van der Waals surface area contributed by atoms with Gasteiger partial charge in [-0.25, -0.2) is 10.3 Å². The van der Waals surface area contributed by atoms with Crippen molar-refractivity contribution in [1.82, 2.24) is 5.48 Å². The van der Waals surface area contributed by atoms with Crippen molar-refractivity contribution in [1.29, 1.82) is 5.26 Å². The summed E-state index contributed by atoms with van der Waals surface area (Å²) in [7, 11) is 0. The van der Waals surface area contributed by atoms with E-state index in [2.05, 4.69) is 5.32 Å². The van der Waals surface area contributed by atoms with Gasteiger partial charge in [0.1, 0.15) is 11.9 Å². The molecule has 0 saturated carbocycles. The van der Waals surface area contributed by atoms with Crippen LogP contribution in [0.5, 0.6) is 5.75 Å². The Morgan fingerprint density at radius 1 is 1.06 bits per heavy atom. The van der Waals surface area contributed by atoms with Gasteiger partial charge >= 0.3 is 6.09 Å². The Balaban J connectivity index is 1.93. The minimum absolute atomic E-state index is 0.0907. The first-order valence-electron chi connectivity index (χ1n) is 9.73. The number of carbonyl (C=O) groups excluding carboxylic acids is 2. The molecule has 0 aliphatic heterocycles. The molecule has 3 aromatic rings.